The zero-order valence-corrected chi connectivity index (χ0v) is 11.7. The van der Waals surface area contributed by atoms with Gasteiger partial charge in [-0.1, -0.05) is 6.07 Å². The van der Waals surface area contributed by atoms with Crippen LogP contribution in [0.5, 0.6) is 0 Å². The molecule has 4 nitrogen and oxygen atoms in total. The molecule has 0 N–H and O–H groups in total. The normalized spacial score (nSPS) is 24.4. The smallest absolute Gasteiger partial charge is 0.330 e. The summed E-state index contributed by atoms with van der Waals surface area (Å²) in [5, 5.41) is 0. The molecule has 2 aliphatic heterocycles. The zero-order chi connectivity index (χ0) is 15.5. The van der Waals surface area contributed by atoms with Crippen LogP contribution >= 0.6 is 0 Å². The van der Waals surface area contributed by atoms with Gasteiger partial charge in [-0.25, -0.2) is 4.98 Å². The van der Waals surface area contributed by atoms with Crippen LogP contribution in [0.25, 0.3) is 5.52 Å². The number of imidazole rings is 1. The fourth-order valence-corrected chi connectivity index (χ4v) is 3.76. The summed E-state index contributed by atoms with van der Waals surface area (Å²) in [5.41, 5.74) is -1.08. The average molecular weight is 309 g/mol. The molecule has 0 saturated carbocycles. The quantitative estimate of drug-likeness (QED) is 0.811. The topological polar surface area (TPSA) is 37.6 Å². The molecule has 2 fully saturated rings. The Morgan fingerprint density at radius 2 is 1.77 bits per heavy atom. The lowest BCUT2D eigenvalue weighted by atomic mass is 10.0. The molecule has 2 aromatic rings. The number of hydrogen-bond acceptors (Lipinski definition) is 2. The van der Waals surface area contributed by atoms with Crippen LogP contribution in [0, 0.1) is 0 Å². The van der Waals surface area contributed by atoms with Gasteiger partial charge in [0, 0.05) is 18.3 Å². The minimum atomic E-state index is -4.57. The number of nitrogens with zero attached hydrogens (tertiary/aromatic N) is 3. The summed E-state index contributed by atoms with van der Waals surface area (Å²) >= 11 is 0. The second-order valence-electron chi connectivity index (χ2n) is 5.91. The summed E-state index contributed by atoms with van der Waals surface area (Å²) in [6, 6.07) is 4.76. The van der Waals surface area contributed by atoms with Crippen LogP contribution in [0.2, 0.25) is 0 Å². The van der Waals surface area contributed by atoms with Crippen molar-refractivity contribution < 1.29 is 18.0 Å². The number of fused-ring (bicyclic) bond motifs is 3. The number of aromatic nitrogens is 2. The first kappa shape index (κ1) is 13.6. The molecule has 0 atom stereocenters. The minimum absolute atomic E-state index is 0.0788. The van der Waals surface area contributed by atoms with Crippen LogP contribution in [0.4, 0.5) is 13.2 Å². The summed E-state index contributed by atoms with van der Waals surface area (Å²) < 4.78 is 40.7. The monoisotopic (exact) mass is 309 g/mol. The largest absolute Gasteiger partial charge is 0.435 e. The maximum absolute atomic E-state index is 13.1. The molecule has 0 radical (unpaired) electrons. The van der Waals surface area contributed by atoms with Gasteiger partial charge in [0.1, 0.15) is 0 Å². The first-order valence-electron chi connectivity index (χ1n) is 7.34. The van der Waals surface area contributed by atoms with Gasteiger partial charge >= 0.3 is 6.18 Å². The molecule has 2 aliphatic rings. The predicted molar refractivity (Wildman–Crippen MR) is 72.4 cm³/mol. The standard InChI is InChI=1S/C15H14F3N3O/c16-15(17,18)12-11-3-1-2-8-20(11)13(19-12)14(22)21-9-4-5-10(21)7-6-9/h1-3,8-10H,4-7H2. The molecule has 0 unspecified atom stereocenters. The molecule has 1 amide bonds. The molecule has 0 aliphatic carbocycles. The summed E-state index contributed by atoms with van der Waals surface area (Å²) in [6.07, 6.45) is 0.632. The predicted octanol–water partition coefficient (Wildman–Crippen LogP) is 3.12. The zero-order valence-electron chi connectivity index (χ0n) is 11.7. The van der Waals surface area contributed by atoms with Crippen LogP contribution in [-0.4, -0.2) is 32.3 Å². The van der Waals surface area contributed by atoms with Gasteiger partial charge in [0.2, 0.25) is 5.82 Å². The number of carbonyl (C=O) groups is 1. The third-order valence-corrected chi connectivity index (χ3v) is 4.70. The summed E-state index contributed by atoms with van der Waals surface area (Å²) in [6.45, 7) is 0. The molecule has 22 heavy (non-hydrogen) atoms. The molecular weight excluding hydrogens is 295 g/mol. The highest BCUT2D eigenvalue weighted by molar-refractivity contribution is 5.93. The Bertz CT molecular complexity index is 732. The first-order valence-corrected chi connectivity index (χ1v) is 7.34. The second kappa shape index (κ2) is 4.47. The van der Waals surface area contributed by atoms with Crippen molar-refractivity contribution >= 4 is 11.4 Å². The molecule has 0 aromatic carbocycles. The highest BCUT2D eigenvalue weighted by atomic mass is 19.4. The summed E-state index contributed by atoms with van der Waals surface area (Å²) in [7, 11) is 0. The van der Waals surface area contributed by atoms with E-state index in [4.69, 9.17) is 0 Å². The molecule has 7 heteroatoms. The fraction of sp³-hybridized carbons (Fsp3) is 0.467. The lowest BCUT2D eigenvalue weighted by Crippen LogP contribution is -2.36. The second-order valence-corrected chi connectivity index (χ2v) is 5.91. The van der Waals surface area contributed by atoms with Gasteiger partial charge in [0.15, 0.2) is 5.69 Å². The van der Waals surface area contributed by atoms with E-state index in [2.05, 4.69) is 4.98 Å². The van der Waals surface area contributed by atoms with Gasteiger partial charge in [0.05, 0.1) is 5.52 Å². The lowest BCUT2D eigenvalue weighted by molar-refractivity contribution is -0.139. The van der Waals surface area contributed by atoms with E-state index in [-0.39, 0.29) is 29.3 Å². The maximum atomic E-state index is 13.1. The Morgan fingerprint density at radius 1 is 1.14 bits per heavy atom. The number of hydrogen-bond donors (Lipinski definition) is 0. The minimum Gasteiger partial charge on any atom is -0.330 e. The lowest BCUT2D eigenvalue weighted by Gasteiger charge is -2.21. The van der Waals surface area contributed by atoms with Crippen molar-refractivity contribution in [3.05, 3.63) is 35.9 Å². The van der Waals surface area contributed by atoms with Gasteiger partial charge in [-0.15, -0.1) is 0 Å². The molecule has 2 bridgehead atoms. The van der Waals surface area contributed by atoms with Crippen LogP contribution in [0.15, 0.2) is 24.4 Å². The number of amides is 1. The molecule has 0 spiro atoms. The van der Waals surface area contributed by atoms with Gasteiger partial charge in [-0.05, 0) is 37.8 Å². The highest BCUT2D eigenvalue weighted by Crippen LogP contribution is 2.39. The molecule has 4 rings (SSSR count). The van der Waals surface area contributed by atoms with Crippen molar-refractivity contribution in [3.63, 3.8) is 0 Å². The molecule has 2 saturated heterocycles. The maximum Gasteiger partial charge on any atom is 0.435 e. The van der Waals surface area contributed by atoms with E-state index in [1.807, 2.05) is 0 Å². The number of carbonyl (C=O) groups excluding carboxylic acids is 1. The van der Waals surface area contributed by atoms with E-state index in [9.17, 15) is 18.0 Å². The third kappa shape index (κ3) is 1.84. The Morgan fingerprint density at radius 3 is 2.36 bits per heavy atom. The van der Waals surface area contributed by atoms with Crippen LogP contribution < -0.4 is 0 Å². The van der Waals surface area contributed by atoms with E-state index in [0.717, 1.165) is 25.7 Å². The number of halogens is 3. The van der Waals surface area contributed by atoms with Crippen molar-refractivity contribution in [2.24, 2.45) is 0 Å². The van der Waals surface area contributed by atoms with Crippen LogP contribution in [-0.2, 0) is 6.18 Å². The Kier molecular flexibility index (Phi) is 2.76. The van der Waals surface area contributed by atoms with Crippen molar-refractivity contribution in [2.45, 2.75) is 43.9 Å². The van der Waals surface area contributed by atoms with E-state index in [1.165, 1.54) is 22.7 Å². The number of alkyl halides is 3. The summed E-state index contributed by atoms with van der Waals surface area (Å²) in [4.78, 5) is 18.1. The van der Waals surface area contributed by atoms with Gasteiger partial charge < -0.3 is 4.90 Å². The molecule has 116 valence electrons. The molecular formula is C15H14F3N3O. The van der Waals surface area contributed by atoms with Gasteiger partial charge in [-0.2, -0.15) is 13.2 Å². The van der Waals surface area contributed by atoms with Gasteiger partial charge in [0.25, 0.3) is 5.91 Å². The summed E-state index contributed by atoms with van der Waals surface area (Å²) in [5.74, 6) is -0.525. The van der Waals surface area contributed by atoms with Crippen LogP contribution in [0.3, 0.4) is 0 Å². The van der Waals surface area contributed by atoms with Crippen molar-refractivity contribution in [3.8, 4) is 0 Å². The SMILES string of the molecule is O=C(c1nc(C(F)(F)F)c2ccccn12)N1C2CCC1CC2. The average Bonchev–Trinajstić information content (AvgIpc) is 3.18. The van der Waals surface area contributed by atoms with Crippen molar-refractivity contribution in [1.82, 2.24) is 14.3 Å². The Balaban J connectivity index is 1.84. The number of rotatable bonds is 1. The third-order valence-electron chi connectivity index (χ3n) is 4.70. The molecule has 4 heterocycles. The Labute approximate surface area is 124 Å². The first-order chi connectivity index (χ1) is 10.5. The van der Waals surface area contributed by atoms with Crippen molar-refractivity contribution in [2.75, 3.05) is 0 Å². The Hall–Kier alpha value is -2.05. The van der Waals surface area contributed by atoms with Crippen LogP contribution in [0.1, 0.15) is 42.0 Å². The van der Waals surface area contributed by atoms with E-state index >= 15 is 0 Å². The number of pyridine rings is 1. The molecule has 2 aromatic heterocycles. The van der Waals surface area contributed by atoms with E-state index in [0.29, 0.717) is 0 Å². The van der Waals surface area contributed by atoms with E-state index < -0.39 is 11.9 Å². The van der Waals surface area contributed by atoms with Gasteiger partial charge in [-0.3, -0.25) is 9.20 Å². The highest BCUT2D eigenvalue weighted by Gasteiger charge is 2.45. The fourth-order valence-electron chi connectivity index (χ4n) is 3.76. The van der Waals surface area contributed by atoms with E-state index in [1.54, 1.807) is 11.0 Å². The van der Waals surface area contributed by atoms with Crippen molar-refractivity contribution in [1.29, 1.82) is 0 Å².